The van der Waals surface area contributed by atoms with Crippen molar-refractivity contribution in [3.8, 4) is 5.75 Å². The van der Waals surface area contributed by atoms with Crippen LogP contribution in [0.2, 0.25) is 5.02 Å². The van der Waals surface area contributed by atoms with Crippen molar-refractivity contribution in [2.24, 2.45) is 5.92 Å². The zero-order valence-corrected chi connectivity index (χ0v) is 11.6. The summed E-state index contributed by atoms with van der Waals surface area (Å²) in [6.45, 7) is 0.114. The first kappa shape index (κ1) is 14.2. The number of benzene rings is 1. The second-order valence-electron chi connectivity index (χ2n) is 4.80. The summed E-state index contributed by atoms with van der Waals surface area (Å²) in [7, 11) is 1.51. The summed E-state index contributed by atoms with van der Waals surface area (Å²) in [5.41, 5.74) is 0.468. The molecule has 4 nitrogen and oxygen atoms in total. The Morgan fingerprint density at radius 1 is 1.53 bits per heavy atom. The second kappa shape index (κ2) is 6.26. The molecule has 1 saturated carbocycles. The highest BCUT2D eigenvalue weighted by molar-refractivity contribution is 6.30. The van der Waals surface area contributed by atoms with Gasteiger partial charge < -0.3 is 15.2 Å². The van der Waals surface area contributed by atoms with Crippen molar-refractivity contribution in [2.75, 3.05) is 13.7 Å². The predicted molar refractivity (Wildman–Crippen MR) is 73.7 cm³/mol. The van der Waals surface area contributed by atoms with Crippen LogP contribution in [0.3, 0.4) is 0 Å². The SMILES string of the molecule is COc1cc(Cl)ccc1C(=O)NC1CCCC1CO. The molecule has 0 aromatic heterocycles. The molecule has 0 bridgehead atoms. The average Bonchev–Trinajstić information content (AvgIpc) is 2.85. The summed E-state index contributed by atoms with van der Waals surface area (Å²) in [5.74, 6) is 0.435. The summed E-state index contributed by atoms with van der Waals surface area (Å²) < 4.78 is 5.17. The third kappa shape index (κ3) is 3.19. The monoisotopic (exact) mass is 283 g/mol. The van der Waals surface area contributed by atoms with Gasteiger partial charge in [-0.3, -0.25) is 4.79 Å². The molecule has 1 aliphatic rings. The first-order chi connectivity index (χ1) is 9.15. The van der Waals surface area contributed by atoms with Gasteiger partial charge in [-0.1, -0.05) is 18.0 Å². The van der Waals surface area contributed by atoms with Crippen molar-refractivity contribution >= 4 is 17.5 Å². The lowest BCUT2D eigenvalue weighted by Crippen LogP contribution is -2.38. The van der Waals surface area contributed by atoms with E-state index in [2.05, 4.69) is 5.32 Å². The van der Waals surface area contributed by atoms with Gasteiger partial charge in [-0.25, -0.2) is 0 Å². The Morgan fingerprint density at radius 3 is 3.00 bits per heavy atom. The Hall–Kier alpha value is -1.26. The summed E-state index contributed by atoms with van der Waals surface area (Å²) >= 11 is 5.87. The first-order valence-electron chi connectivity index (χ1n) is 6.41. The smallest absolute Gasteiger partial charge is 0.255 e. The Labute approximate surface area is 117 Å². The maximum absolute atomic E-state index is 12.2. The molecule has 2 N–H and O–H groups in total. The molecule has 2 atom stereocenters. The lowest BCUT2D eigenvalue weighted by Gasteiger charge is -2.19. The van der Waals surface area contributed by atoms with Gasteiger partial charge in [-0.15, -0.1) is 0 Å². The van der Waals surface area contributed by atoms with Crippen LogP contribution in [0.1, 0.15) is 29.6 Å². The lowest BCUT2D eigenvalue weighted by atomic mass is 10.0. The molecule has 5 heteroatoms. The molecular formula is C14H18ClNO3. The zero-order chi connectivity index (χ0) is 13.8. The van der Waals surface area contributed by atoms with Crippen LogP contribution in [-0.2, 0) is 0 Å². The van der Waals surface area contributed by atoms with Gasteiger partial charge >= 0.3 is 0 Å². The molecule has 0 radical (unpaired) electrons. The highest BCUT2D eigenvalue weighted by Crippen LogP contribution is 2.27. The number of carbonyl (C=O) groups excluding carboxylic acids is 1. The number of methoxy groups -OCH3 is 1. The van der Waals surface area contributed by atoms with Crippen molar-refractivity contribution in [1.29, 1.82) is 0 Å². The van der Waals surface area contributed by atoms with Gasteiger partial charge in [0.2, 0.25) is 0 Å². The van der Waals surface area contributed by atoms with Gasteiger partial charge in [0.05, 0.1) is 12.7 Å². The van der Waals surface area contributed by atoms with Crippen LogP contribution in [0, 0.1) is 5.92 Å². The fraction of sp³-hybridized carbons (Fsp3) is 0.500. The molecule has 1 fully saturated rings. The summed E-state index contributed by atoms with van der Waals surface area (Å²) in [5, 5.41) is 12.8. The summed E-state index contributed by atoms with van der Waals surface area (Å²) in [6, 6.07) is 4.98. The molecule has 1 aliphatic carbocycles. The number of hydrogen-bond donors (Lipinski definition) is 2. The molecule has 1 amide bonds. The number of halogens is 1. The maximum Gasteiger partial charge on any atom is 0.255 e. The van der Waals surface area contributed by atoms with E-state index in [1.807, 2.05) is 0 Å². The van der Waals surface area contributed by atoms with Crippen LogP contribution in [0.15, 0.2) is 18.2 Å². The standard InChI is InChI=1S/C14H18ClNO3/c1-19-13-7-10(15)5-6-11(13)14(18)16-12-4-2-3-9(12)8-17/h5-7,9,12,17H,2-4,8H2,1H3,(H,16,18). The van der Waals surface area contributed by atoms with E-state index < -0.39 is 0 Å². The normalized spacial score (nSPS) is 22.3. The molecule has 0 heterocycles. The summed E-state index contributed by atoms with van der Waals surface area (Å²) in [4.78, 5) is 12.2. The number of ether oxygens (including phenoxy) is 1. The molecule has 1 aromatic rings. The molecule has 0 aliphatic heterocycles. The van der Waals surface area contributed by atoms with Crippen LogP contribution in [0.4, 0.5) is 0 Å². The van der Waals surface area contributed by atoms with Crippen molar-refractivity contribution in [3.63, 3.8) is 0 Å². The van der Waals surface area contributed by atoms with E-state index in [1.54, 1.807) is 18.2 Å². The van der Waals surface area contributed by atoms with Crippen molar-refractivity contribution in [2.45, 2.75) is 25.3 Å². The number of hydrogen-bond acceptors (Lipinski definition) is 3. The van der Waals surface area contributed by atoms with E-state index in [4.69, 9.17) is 16.3 Å². The van der Waals surface area contributed by atoms with Gasteiger partial charge in [0.1, 0.15) is 5.75 Å². The number of carbonyl (C=O) groups is 1. The number of nitrogens with one attached hydrogen (secondary N) is 1. The number of amides is 1. The predicted octanol–water partition coefficient (Wildman–Crippen LogP) is 2.24. The molecule has 19 heavy (non-hydrogen) atoms. The van der Waals surface area contributed by atoms with Crippen LogP contribution < -0.4 is 10.1 Å². The fourth-order valence-electron chi connectivity index (χ4n) is 2.54. The minimum absolute atomic E-state index is 0.0397. The maximum atomic E-state index is 12.2. The van der Waals surface area contributed by atoms with E-state index in [0.717, 1.165) is 19.3 Å². The number of aliphatic hydroxyl groups excluding tert-OH is 1. The van der Waals surface area contributed by atoms with E-state index in [1.165, 1.54) is 7.11 Å². The van der Waals surface area contributed by atoms with Gasteiger partial charge in [0.15, 0.2) is 0 Å². The van der Waals surface area contributed by atoms with Crippen LogP contribution in [0.25, 0.3) is 0 Å². The molecule has 0 spiro atoms. The fourth-order valence-corrected chi connectivity index (χ4v) is 2.71. The number of rotatable bonds is 4. The van der Waals surface area contributed by atoms with Gasteiger partial charge in [0, 0.05) is 23.6 Å². The molecule has 104 valence electrons. The van der Waals surface area contributed by atoms with E-state index in [9.17, 15) is 9.90 Å². The Morgan fingerprint density at radius 2 is 2.32 bits per heavy atom. The van der Waals surface area contributed by atoms with Crippen molar-refractivity contribution in [1.82, 2.24) is 5.32 Å². The molecule has 1 aromatic carbocycles. The zero-order valence-electron chi connectivity index (χ0n) is 10.9. The Kier molecular flexibility index (Phi) is 4.66. The Bertz CT molecular complexity index is 464. The van der Waals surface area contributed by atoms with Gasteiger partial charge in [-0.2, -0.15) is 0 Å². The highest BCUT2D eigenvalue weighted by Gasteiger charge is 2.28. The largest absolute Gasteiger partial charge is 0.496 e. The Balaban J connectivity index is 2.11. The van der Waals surface area contributed by atoms with Crippen LogP contribution in [-0.4, -0.2) is 30.8 Å². The van der Waals surface area contributed by atoms with Crippen molar-refractivity contribution in [3.05, 3.63) is 28.8 Å². The van der Waals surface area contributed by atoms with Crippen LogP contribution in [0.5, 0.6) is 5.75 Å². The quantitative estimate of drug-likeness (QED) is 0.891. The van der Waals surface area contributed by atoms with Crippen LogP contribution >= 0.6 is 11.6 Å². The van der Waals surface area contributed by atoms with E-state index in [0.29, 0.717) is 16.3 Å². The minimum Gasteiger partial charge on any atom is -0.496 e. The number of aliphatic hydroxyl groups is 1. The average molecular weight is 284 g/mol. The topological polar surface area (TPSA) is 58.6 Å². The van der Waals surface area contributed by atoms with Gasteiger partial charge in [0.25, 0.3) is 5.91 Å². The lowest BCUT2D eigenvalue weighted by molar-refractivity contribution is 0.0913. The van der Waals surface area contributed by atoms with Gasteiger partial charge in [-0.05, 0) is 31.0 Å². The first-order valence-corrected chi connectivity index (χ1v) is 6.78. The van der Waals surface area contributed by atoms with Crippen molar-refractivity contribution < 1.29 is 14.6 Å². The minimum atomic E-state index is -0.182. The summed E-state index contributed by atoms with van der Waals surface area (Å²) in [6.07, 6.45) is 2.90. The highest BCUT2D eigenvalue weighted by atomic mass is 35.5. The molecule has 0 saturated heterocycles. The third-order valence-corrected chi connectivity index (χ3v) is 3.85. The molecule has 2 rings (SSSR count). The molecular weight excluding hydrogens is 266 g/mol. The second-order valence-corrected chi connectivity index (χ2v) is 5.23. The third-order valence-electron chi connectivity index (χ3n) is 3.62. The van der Waals surface area contributed by atoms with E-state index >= 15 is 0 Å². The van der Waals surface area contributed by atoms with E-state index in [-0.39, 0.29) is 24.5 Å². The molecule has 2 unspecified atom stereocenters.